The van der Waals surface area contributed by atoms with Crippen molar-refractivity contribution in [1.29, 1.82) is 0 Å². The molecular weight excluding hydrogens is 170 g/mol. The summed E-state index contributed by atoms with van der Waals surface area (Å²) in [5, 5.41) is 0. The Hall–Kier alpha value is -0.610. The van der Waals surface area contributed by atoms with Gasteiger partial charge in [0.2, 0.25) is 0 Å². The summed E-state index contributed by atoms with van der Waals surface area (Å²) >= 11 is 5.10. The van der Waals surface area contributed by atoms with Crippen molar-refractivity contribution in [2.45, 2.75) is 13.0 Å². The zero-order valence-corrected chi connectivity index (χ0v) is 8.56. The van der Waals surface area contributed by atoms with Crippen molar-refractivity contribution in [2.24, 2.45) is 0 Å². The molecule has 0 aliphatic heterocycles. The molecule has 1 atom stereocenters. The summed E-state index contributed by atoms with van der Waals surface area (Å²) in [6.07, 6.45) is 3.85. The van der Waals surface area contributed by atoms with Crippen LogP contribution in [0.4, 0.5) is 0 Å². The highest BCUT2D eigenvalue weighted by atomic mass is 32.1. The van der Waals surface area contributed by atoms with Crippen LogP contribution >= 0.6 is 12.2 Å². The van der Waals surface area contributed by atoms with Gasteiger partial charge in [-0.25, -0.2) is 0 Å². The van der Waals surface area contributed by atoms with Crippen molar-refractivity contribution in [1.82, 2.24) is 14.5 Å². The molecule has 68 valence electrons. The summed E-state index contributed by atoms with van der Waals surface area (Å²) in [6.45, 7) is 3.16. The van der Waals surface area contributed by atoms with Crippen LogP contribution in [0.5, 0.6) is 0 Å². The third-order valence-corrected chi connectivity index (χ3v) is 2.11. The minimum Gasteiger partial charge on any atom is -0.337 e. The van der Waals surface area contributed by atoms with Gasteiger partial charge in [0.25, 0.3) is 0 Å². The molecule has 0 aliphatic carbocycles. The Kier molecular flexibility index (Phi) is 3.05. The highest BCUT2D eigenvalue weighted by Gasteiger charge is 2.05. The van der Waals surface area contributed by atoms with Crippen molar-refractivity contribution in [3.05, 3.63) is 17.2 Å². The molecule has 3 nitrogen and oxygen atoms in total. The molecule has 0 saturated heterocycles. The van der Waals surface area contributed by atoms with E-state index in [0.29, 0.717) is 6.04 Å². The van der Waals surface area contributed by atoms with Crippen LogP contribution in [-0.2, 0) is 0 Å². The number of rotatable bonds is 3. The molecule has 1 rings (SSSR count). The standard InChI is InChI=1S/C8H15N3S/c1-7(6-10(2)3)11-5-4-9-8(11)12/h4-5,7H,6H2,1-3H3,(H,9,12). The van der Waals surface area contributed by atoms with E-state index in [9.17, 15) is 0 Å². The number of hydrogen-bond donors (Lipinski definition) is 1. The molecule has 0 amide bonds. The Morgan fingerprint density at radius 1 is 1.67 bits per heavy atom. The van der Waals surface area contributed by atoms with Crippen LogP contribution in [0.15, 0.2) is 12.4 Å². The molecule has 1 aromatic rings. The normalized spacial score (nSPS) is 13.7. The zero-order valence-electron chi connectivity index (χ0n) is 7.74. The highest BCUT2D eigenvalue weighted by molar-refractivity contribution is 7.71. The topological polar surface area (TPSA) is 24.0 Å². The van der Waals surface area contributed by atoms with Crippen LogP contribution in [0, 0.1) is 4.77 Å². The Balaban J connectivity index is 2.71. The second-order valence-electron chi connectivity index (χ2n) is 3.28. The number of likely N-dealkylation sites (N-methyl/N-ethyl adjacent to an activating group) is 1. The summed E-state index contributed by atoms with van der Waals surface area (Å²) < 4.78 is 2.86. The maximum Gasteiger partial charge on any atom is 0.177 e. The van der Waals surface area contributed by atoms with Gasteiger partial charge in [-0.1, -0.05) is 0 Å². The van der Waals surface area contributed by atoms with E-state index < -0.39 is 0 Å². The number of nitrogens with one attached hydrogen (secondary N) is 1. The number of aromatic nitrogens is 2. The predicted molar refractivity (Wildman–Crippen MR) is 52.9 cm³/mol. The molecule has 1 heterocycles. The van der Waals surface area contributed by atoms with Gasteiger partial charge in [0.05, 0.1) is 0 Å². The van der Waals surface area contributed by atoms with Crippen LogP contribution in [0.3, 0.4) is 0 Å². The number of imidazole rings is 1. The number of aromatic amines is 1. The predicted octanol–water partition coefficient (Wildman–Crippen LogP) is 1.67. The van der Waals surface area contributed by atoms with Gasteiger partial charge in [-0.2, -0.15) is 0 Å². The van der Waals surface area contributed by atoms with E-state index in [-0.39, 0.29) is 0 Å². The molecule has 0 fully saturated rings. The molecule has 4 heteroatoms. The fourth-order valence-corrected chi connectivity index (χ4v) is 1.60. The fraction of sp³-hybridized carbons (Fsp3) is 0.625. The van der Waals surface area contributed by atoms with E-state index in [1.165, 1.54) is 0 Å². The first-order chi connectivity index (χ1) is 5.61. The van der Waals surface area contributed by atoms with Gasteiger partial charge in [-0.05, 0) is 33.2 Å². The lowest BCUT2D eigenvalue weighted by molar-refractivity contribution is 0.335. The zero-order chi connectivity index (χ0) is 9.14. The minimum atomic E-state index is 0.429. The van der Waals surface area contributed by atoms with Gasteiger partial charge in [-0.15, -0.1) is 0 Å². The van der Waals surface area contributed by atoms with Crippen molar-refractivity contribution < 1.29 is 0 Å². The first kappa shape index (κ1) is 9.48. The first-order valence-corrected chi connectivity index (χ1v) is 4.42. The van der Waals surface area contributed by atoms with Crippen LogP contribution in [0.2, 0.25) is 0 Å². The van der Waals surface area contributed by atoms with Crippen molar-refractivity contribution in [2.75, 3.05) is 20.6 Å². The Bertz CT molecular complexity index is 286. The monoisotopic (exact) mass is 185 g/mol. The molecule has 0 aliphatic rings. The lowest BCUT2D eigenvalue weighted by Crippen LogP contribution is -2.22. The summed E-state index contributed by atoms with van der Waals surface area (Å²) in [6, 6.07) is 0.429. The second-order valence-corrected chi connectivity index (χ2v) is 3.67. The molecular formula is C8H15N3S. The van der Waals surface area contributed by atoms with E-state index >= 15 is 0 Å². The third-order valence-electron chi connectivity index (χ3n) is 1.78. The van der Waals surface area contributed by atoms with E-state index in [0.717, 1.165) is 11.3 Å². The quantitative estimate of drug-likeness (QED) is 0.724. The van der Waals surface area contributed by atoms with Gasteiger partial charge < -0.3 is 14.5 Å². The second kappa shape index (κ2) is 3.87. The van der Waals surface area contributed by atoms with Crippen molar-refractivity contribution in [3.8, 4) is 0 Å². The average molecular weight is 185 g/mol. The number of nitrogens with zero attached hydrogens (tertiary/aromatic N) is 2. The maximum atomic E-state index is 5.10. The molecule has 0 aromatic carbocycles. The number of H-pyrrole nitrogens is 1. The first-order valence-electron chi connectivity index (χ1n) is 4.01. The molecule has 0 bridgehead atoms. The van der Waals surface area contributed by atoms with Crippen LogP contribution in [-0.4, -0.2) is 35.1 Å². The minimum absolute atomic E-state index is 0.429. The molecule has 1 unspecified atom stereocenters. The smallest absolute Gasteiger partial charge is 0.177 e. The lowest BCUT2D eigenvalue weighted by atomic mass is 10.3. The Labute approximate surface area is 78.0 Å². The van der Waals surface area contributed by atoms with Crippen LogP contribution in [0.1, 0.15) is 13.0 Å². The lowest BCUT2D eigenvalue weighted by Gasteiger charge is -2.17. The van der Waals surface area contributed by atoms with Gasteiger partial charge in [0.1, 0.15) is 0 Å². The Morgan fingerprint density at radius 2 is 2.33 bits per heavy atom. The van der Waals surface area contributed by atoms with E-state index in [4.69, 9.17) is 12.2 Å². The van der Waals surface area contributed by atoms with Crippen molar-refractivity contribution >= 4 is 12.2 Å². The summed E-state index contributed by atoms with van der Waals surface area (Å²) in [5.74, 6) is 0. The molecule has 12 heavy (non-hydrogen) atoms. The van der Waals surface area contributed by atoms with Crippen LogP contribution in [0.25, 0.3) is 0 Å². The number of hydrogen-bond acceptors (Lipinski definition) is 2. The van der Waals surface area contributed by atoms with E-state index in [2.05, 4.69) is 35.5 Å². The highest BCUT2D eigenvalue weighted by Crippen LogP contribution is 2.06. The SMILES string of the molecule is CC(CN(C)C)n1cc[nH]c1=S. The van der Waals surface area contributed by atoms with Crippen molar-refractivity contribution in [3.63, 3.8) is 0 Å². The Morgan fingerprint density at radius 3 is 2.75 bits per heavy atom. The molecule has 0 spiro atoms. The third kappa shape index (κ3) is 2.19. The average Bonchev–Trinajstić information content (AvgIpc) is 2.33. The summed E-state index contributed by atoms with van der Waals surface area (Å²) in [7, 11) is 4.12. The van der Waals surface area contributed by atoms with E-state index in [1.54, 1.807) is 0 Å². The molecule has 0 saturated carbocycles. The summed E-state index contributed by atoms with van der Waals surface area (Å²) in [4.78, 5) is 5.13. The van der Waals surface area contributed by atoms with Gasteiger partial charge in [0.15, 0.2) is 4.77 Å². The van der Waals surface area contributed by atoms with E-state index in [1.807, 2.05) is 12.4 Å². The van der Waals surface area contributed by atoms with Gasteiger partial charge >= 0.3 is 0 Å². The van der Waals surface area contributed by atoms with Gasteiger partial charge in [0, 0.05) is 25.0 Å². The largest absolute Gasteiger partial charge is 0.337 e. The fourth-order valence-electron chi connectivity index (χ4n) is 1.29. The molecule has 1 N–H and O–H groups in total. The molecule has 0 radical (unpaired) electrons. The molecule has 1 aromatic heterocycles. The maximum absolute atomic E-state index is 5.10. The van der Waals surface area contributed by atoms with Crippen LogP contribution < -0.4 is 0 Å². The summed E-state index contributed by atoms with van der Waals surface area (Å²) in [5.41, 5.74) is 0. The van der Waals surface area contributed by atoms with Gasteiger partial charge in [-0.3, -0.25) is 0 Å².